The highest BCUT2D eigenvalue weighted by Gasteiger charge is 2.23. The van der Waals surface area contributed by atoms with E-state index in [1.54, 1.807) is 4.90 Å². The smallest absolute Gasteiger partial charge is 0.211 e. The summed E-state index contributed by atoms with van der Waals surface area (Å²) in [4.78, 5) is 12.3. The van der Waals surface area contributed by atoms with Crippen molar-refractivity contribution < 1.29 is 4.79 Å². The lowest BCUT2D eigenvalue weighted by atomic mass is 9.85. The number of rotatable bonds is 2. The zero-order valence-electron chi connectivity index (χ0n) is 13.9. The van der Waals surface area contributed by atoms with Crippen molar-refractivity contribution in [1.82, 2.24) is 4.90 Å². The van der Waals surface area contributed by atoms with E-state index >= 15 is 0 Å². The highest BCUT2D eigenvalue weighted by molar-refractivity contribution is 5.51. The molecule has 1 aromatic rings. The van der Waals surface area contributed by atoms with E-state index in [1.807, 2.05) is 24.3 Å². The molecule has 1 aliphatic heterocycles. The van der Waals surface area contributed by atoms with Crippen molar-refractivity contribution in [3.05, 3.63) is 35.4 Å². The first-order valence-electron chi connectivity index (χ1n) is 8.58. The van der Waals surface area contributed by atoms with Crippen molar-refractivity contribution in [2.24, 2.45) is 11.7 Å². The topological polar surface area (TPSA) is 70.1 Å². The van der Waals surface area contributed by atoms with Crippen LogP contribution in [0.3, 0.4) is 0 Å². The van der Waals surface area contributed by atoms with Crippen LogP contribution in [-0.2, 0) is 17.8 Å². The van der Waals surface area contributed by atoms with Crippen LogP contribution in [0.15, 0.2) is 24.3 Å². The second-order valence-electron chi connectivity index (χ2n) is 6.65. The van der Waals surface area contributed by atoms with Gasteiger partial charge >= 0.3 is 0 Å². The zero-order chi connectivity index (χ0) is 16.7. The van der Waals surface area contributed by atoms with Gasteiger partial charge in [-0.1, -0.05) is 43.5 Å². The molecule has 1 saturated carbocycles. The molecule has 124 valence electrons. The van der Waals surface area contributed by atoms with Crippen molar-refractivity contribution in [3.8, 4) is 6.07 Å². The summed E-state index contributed by atoms with van der Waals surface area (Å²) in [6.07, 6.45) is 8.40. The number of carbonyl (C=O) groups is 1. The van der Waals surface area contributed by atoms with Gasteiger partial charge in [0.2, 0.25) is 6.41 Å². The Labute approximate surface area is 139 Å². The molecule has 1 heterocycles. The highest BCUT2D eigenvalue weighted by atomic mass is 16.1. The summed E-state index contributed by atoms with van der Waals surface area (Å²) in [6, 6.07) is 10.2. The van der Waals surface area contributed by atoms with Gasteiger partial charge in [0, 0.05) is 19.0 Å². The van der Waals surface area contributed by atoms with Crippen molar-refractivity contribution in [2.45, 2.75) is 64.1 Å². The fourth-order valence-corrected chi connectivity index (χ4v) is 3.43. The maximum absolute atomic E-state index is 10.7. The summed E-state index contributed by atoms with van der Waals surface area (Å²) >= 11 is 0. The maximum Gasteiger partial charge on any atom is 0.211 e. The van der Waals surface area contributed by atoms with Gasteiger partial charge in [-0.15, -0.1) is 0 Å². The maximum atomic E-state index is 10.7. The molecule has 1 fully saturated rings. The largest absolute Gasteiger partial charge is 0.328 e. The van der Waals surface area contributed by atoms with Gasteiger partial charge in [0.15, 0.2) is 0 Å². The van der Waals surface area contributed by atoms with Crippen LogP contribution < -0.4 is 5.73 Å². The first kappa shape index (κ1) is 17.5. The number of carbonyl (C=O) groups excluding carboxylic acids is 1. The Kier molecular flexibility index (Phi) is 6.61. The number of nitriles is 1. The lowest BCUT2D eigenvalue weighted by Crippen LogP contribution is -2.38. The van der Waals surface area contributed by atoms with E-state index in [1.165, 1.54) is 37.7 Å². The van der Waals surface area contributed by atoms with Crippen molar-refractivity contribution >= 4 is 6.41 Å². The molecule has 23 heavy (non-hydrogen) atoms. The van der Waals surface area contributed by atoms with Crippen molar-refractivity contribution in [3.63, 3.8) is 0 Å². The first-order valence-corrected chi connectivity index (χ1v) is 8.58. The molecule has 2 atom stereocenters. The SMILES string of the molecule is CC(N)C1CCCCC1.N#CC1Cc2ccccc2CN1C=O. The minimum atomic E-state index is -0.303. The molecule has 1 amide bonds. The van der Waals surface area contributed by atoms with E-state index in [0.717, 1.165) is 17.9 Å². The highest BCUT2D eigenvalue weighted by Crippen LogP contribution is 2.25. The van der Waals surface area contributed by atoms with Gasteiger partial charge in [-0.05, 0) is 36.8 Å². The fourth-order valence-electron chi connectivity index (χ4n) is 3.43. The summed E-state index contributed by atoms with van der Waals surface area (Å²) in [7, 11) is 0. The third-order valence-electron chi connectivity index (χ3n) is 4.96. The summed E-state index contributed by atoms with van der Waals surface area (Å²) in [5, 5.41) is 8.87. The Morgan fingerprint density at radius 3 is 2.43 bits per heavy atom. The average molecular weight is 313 g/mol. The van der Waals surface area contributed by atoms with Crippen LogP contribution in [0.2, 0.25) is 0 Å². The third kappa shape index (κ3) is 4.80. The van der Waals surface area contributed by atoms with E-state index in [0.29, 0.717) is 19.0 Å². The molecule has 0 aromatic heterocycles. The van der Waals surface area contributed by atoms with Crippen LogP contribution in [0, 0.1) is 17.2 Å². The number of nitrogens with zero attached hydrogens (tertiary/aromatic N) is 2. The lowest BCUT2D eigenvalue weighted by molar-refractivity contribution is -0.120. The zero-order valence-corrected chi connectivity index (χ0v) is 13.9. The third-order valence-corrected chi connectivity index (χ3v) is 4.96. The monoisotopic (exact) mass is 313 g/mol. The van der Waals surface area contributed by atoms with E-state index in [9.17, 15) is 4.79 Å². The molecule has 0 saturated heterocycles. The van der Waals surface area contributed by atoms with Crippen molar-refractivity contribution in [2.75, 3.05) is 0 Å². The molecule has 3 rings (SSSR count). The van der Waals surface area contributed by atoms with Crippen molar-refractivity contribution in [1.29, 1.82) is 5.26 Å². The Bertz CT molecular complexity index is 544. The lowest BCUT2D eigenvalue weighted by Gasteiger charge is -2.29. The van der Waals surface area contributed by atoms with Gasteiger partial charge in [0.1, 0.15) is 6.04 Å². The average Bonchev–Trinajstić information content (AvgIpc) is 2.61. The summed E-state index contributed by atoms with van der Waals surface area (Å²) in [5.74, 6) is 0.832. The van der Waals surface area contributed by atoms with E-state index < -0.39 is 0 Å². The molecular formula is C19H27N3O. The number of hydrogen-bond donors (Lipinski definition) is 1. The number of hydrogen-bond acceptors (Lipinski definition) is 3. The molecule has 0 spiro atoms. The minimum Gasteiger partial charge on any atom is -0.328 e. The number of nitrogens with two attached hydrogens (primary N) is 1. The predicted molar refractivity (Wildman–Crippen MR) is 91.4 cm³/mol. The Balaban J connectivity index is 0.000000185. The fraction of sp³-hybridized carbons (Fsp3) is 0.579. The summed E-state index contributed by atoms with van der Waals surface area (Å²) < 4.78 is 0. The molecule has 4 heteroatoms. The van der Waals surface area contributed by atoms with Crippen LogP contribution in [0.1, 0.15) is 50.2 Å². The second-order valence-corrected chi connectivity index (χ2v) is 6.65. The van der Waals surface area contributed by atoms with Gasteiger partial charge < -0.3 is 10.6 Å². The molecule has 0 radical (unpaired) electrons. The summed E-state index contributed by atoms with van der Waals surface area (Å²) in [5.41, 5.74) is 8.09. The molecule has 1 aromatic carbocycles. The quantitative estimate of drug-likeness (QED) is 0.853. The molecular weight excluding hydrogens is 286 g/mol. The van der Waals surface area contributed by atoms with Crippen LogP contribution in [0.4, 0.5) is 0 Å². The first-order chi connectivity index (χ1) is 11.2. The number of benzene rings is 1. The number of fused-ring (bicyclic) bond motifs is 1. The molecule has 4 nitrogen and oxygen atoms in total. The number of amides is 1. The van der Waals surface area contributed by atoms with Crippen LogP contribution in [0.25, 0.3) is 0 Å². The minimum absolute atomic E-state index is 0.303. The molecule has 2 N–H and O–H groups in total. The van der Waals surface area contributed by atoms with E-state index in [2.05, 4.69) is 13.0 Å². The van der Waals surface area contributed by atoms with Gasteiger partial charge in [-0.25, -0.2) is 0 Å². The Morgan fingerprint density at radius 1 is 1.26 bits per heavy atom. The van der Waals surface area contributed by atoms with Gasteiger partial charge in [-0.3, -0.25) is 4.79 Å². The van der Waals surface area contributed by atoms with Crippen LogP contribution >= 0.6 is 0 Å². The normalized spacial score (nSPS) is 22.1. The van der Waals surface area contributed by atoms with Gasteiger partial charge in [0.25, 0.3) is 0 Å². The van der Waals surface area contributed by atoms with E-state index in [-0.39, 0.29) is 6.04 Å². The summed E-state index contributed by atoms with van der Waals surface area (Å²) in [6.45, 7) is 2.69. The molecule has 2 aliphatic rings. The van der Waals surface area contributed by atoms with E-state index in [4.69, 9.17) is 11.0 Å². The standard InChI is InChI=1S/C11H10N2O.C8H17N/c12-6-11-5-9-3-1-2-4-10(9)7-13(11)8-14;1-7(9)8-5-3-2-4-6-8/h1-4,8,11H,5,7H2;7-8H,2-6,9H2,1H3. The second kappa shape index (κ2) is 8.69. The van der Waals surface area contributed by atoms with Crippen LogP contribution in [0.5, 0.6) is 0 Å². The van der Waals surface area contributed by atoms with Gasteiger partial charge in [-0.2, -0.15) is 5.26 Å². The Hall–Kier alpha value is -1.86. The Morgan fingerprint density at radius 2 is 1.91 bits per heavy atom. The van der Waals surface area contributed by atoms with Crippen LogP contribution in [-0.4, -0.2) is 23.4 Å². The molecule has 0 bridgehead atoms. The predicted octanol–water partition coefficient (Wildman–Crippen LogP) is 3.01. The molecule has 1 aliphatic carbocycles. The van der Waals surface area contributed by atoms with Gasteiger partial charge in [0.05, 0.1) is 6.07 Å². The molecule has 2 unspecified atom stereocenters.